The Morgan fingerprint density at radius 1 is 1.28 bits per heavy atom. The van der Waals surface area contributed by atoms with Gasteiger partial charge in [-0.2, -0.15) is 0 Å². The molecule has 1 saturated carbocycles. The molecule has 0 spiro atoms. The van der Waals surface area contributed by atoms with Crippen molar-refractivity contribution >= 4 is 17.0 Å². The molecule has 2 aromatic heterocycles. The van der Waals surface area contributed by atoms with E-state index in [1.165, 1.54) is 0 Å². The number of carbonyl (C=O) groups excluding carboxylic acids is 1. The fourth-order valence-electron chi connectivity index (χ4n) is 4.43. The van der Waals surface area contributed by atoms with Gasteiger partial charge in [0.2, 0.25) is 0 Å². The first-order chi connectivity index (χ1) is 17.2. The van der Waals surface area contributed by atoms with E-state index in [1.54, 1.807) is 38.8 Å². The van der Waals surface area contributed by atoms with Crippen LogP contribution in [0.15, 0.2) is 35.3 Å². The third-order valence-corrected chi connectivity index (χ3v) is 6.87. The van der Waals surface area contributed by atoms with E-state index in [4.69, 9.17) is 14.5 Å². The number of nitrogens with zero attached hydrogens (tertiary/aromatic N) is 3. The number of methoxy groups -OCH3 is 1. The van der Waals surface area contributed by atoms with Crippen LogP contribution in [0.2, 0.25) is 0 Å². The summed E-state index contributed by atoms with van der Waals surface area (Å²) < 4.78 is 14.7. The third kappa shape index (κ3) is 5.53. The summed E-state index contributed by atoms with van der Waals surface area (Å²) in [4.78, 5) is 29.7. The lowest BCUT2D eigenvalue weighted by atomic mass is 9.96. The van der Waals surface area contributed by atoms with E-state index in [0.717, 1.165) is 47.2 Å². The van der Waals surface area contributed by atoms with Crippen molar-refractivity contribution in [3.05, 3.63) is 51.9 Å². The van der Waals surface area contributed by atoms with Crippen LogP contribution in [-0.4, -0.2) is 56.7 Å². The number of aryl methyl sites for hydroxylation is 2. The Hall–Kier alpha value is -3.01. The van der Waals surface area contributed by atoms with E-state index in [0.29, 0.717) is 18.7 Å². The molecule has 3 aromatic rings. The van der Waals surface area contributed by atoms with E-state index >= 15 is 0 Å². The fraction of sp³-hybridized carbons (Fsp3) is 0.519. The van der Waals surface area contributed by atoms with Gasteiger partial charge in [0.15, 0.2) is 0 Å². The zero-order valence-electron chi connectivity index (χ0n) is 21.7. The summed E-state index contributed by atoms with van der Waals surface area (Å²) >= 11 is 0. The van der Waals surface area contributed by atoms with Crippen molar-refractivity contribution in [2.75, 3.05) is 7.11 Å². The van der Waals surface area contributed by atoms with Crippen molar-refractivity contribution in [1.29, 1.82) is 0 Å². The highest BCUT2D eigenvalue weighted by molar-refractivity contribution is 5.81. The highest BCUT2D eigenvalue weighted by atomic mass is 16.5. The lowest BCUT2D eigenvalue weighted by molar-refractivity contribution is -0.158. The number of carbonyl (C=O) groups is 1. The standard InChI is InChI=1S/C27H36N4O5/c1-16-11-20(15-30(4)26(16)33)25-29-22-12-19(9-10-23(22)31(25)14-17(2)35-5)13-28-24(18(3)32)27(34)36-21-7-6-8-21/h9-12,15,17-18,21,24,28,32H,6-8,13-14H2,1-5H3. The van der Waals surface area contributed by atoms with Crippen LogP contribution in [0.3, 0.4) is 0 Å². The van der Waals surface area contributed by atoms with Crippen LogP contribution in [0.1, 0.15) is 44.2 Å². The van der Waals surface area contributed by atoms with Gasteiger partial charge in [-0.1, -0.05) is 6.07 Å². The maximum atomic E-state index is 12.5. The monoisotopic (exact) mass is 496 g/mol. The molecule has 194 valence electrons. The lowest BCUT2D eigenvalue weighted by Gasteiger charge is -2.28. The molecule has 3 atom stereocenters. The Balaban J connectivity index is 1.63. The number of hydrogen-bond donors (Lipinski definition) is 2. The van der Waals surface area contributed by atoms with Gasteiger partial charge < -0.3 is 23.7 Å². The smallest absolute Gasteiger partial charge is 0.326 e. The number of aliphatic hydroxyl groups excluding tert-OH is 1. The van der Waals surface area contributed by atoms with Crippen molar-refractivity contribution < 1.29 is 19.4 Å². The molecule has 9 heteroatoms. The summed E-state index contributed by atoms with van der Waals surface area (Å²) in [6.07, 6.45) is 3.69. The predicted molar refractivity (Wildman–Crippen MR) is 138 cm³/mol. The molecular formula is C27H36N4O5. The molecule has 0 amide bonds. The number of hydrogen-bond acceptors (Lipinski definition) is 7. The van der Waals surface area contributed by atoms with Crippen LogP contribution < -0.4 is 10.9 Å². The molecule has 1 aliphatic carbocycles. The quantitative estimate of drug-likeness (QED) is 0.416. The van der Waals surface area contributed by atoms with E-state index in [9.17, 15) is 14.7 Å². The fourth-order valence-corrected chi connectivity index (χ4v) is 4.43. The van der Waals surface area contributed by atoms with E-state index in [-0.39, 0.29) is 17.8 Å². The van der Waals surface area contributed by atoms with Gasteiger partial charge in [0, 0.05) is 38.0 Å². The van der Waals surface area contributed by atoms with Crippen LogP contribution in [0.25, 0.3) is 22.4 Å². The second kappa shape index (κ2) is 10.9. The van der Waals surface area contributed by atoms with E-state index in [1.807, 2.05) is 31.2 Å². The second-order valence-corrected chi connectivity index (χ2v) is 9.83. The van der Waals surface area contributed by atoms with Crippen molar-refractivity contribution in [3.63, 3.8) is 0 Å². The summed E-state index contributed by atoms with van der Waals surface area (Å²) in [5.41, 5.74) is 4.13. The Morgan fingerprint density at radius 3 is 2.64 bits per heavy atom. The Labute approximate surface area is 211 Å². The molecular weight excluding hydrogens is 460 g/mol. The van der Waals surface area contributed by atoms with Crippen molar-refractivity contribution in [2.45, 2.75) is 77.5 Å². The van der Waals surface area contributed by atoms with Crippen LogP contribution in [0, 0.1) is 6.92 Å². The predicted octanol–water partition coefficient (Wildman–Crippen LogP) is 2.68. The summed E-state index contributed by atoms with van der Waals surface area (Å²) in [7, 11) is 3.42. The number of benzene rings is 1. The maximum Gasteiger partial charge on any atom is 0.326 e. The summed E-state index contributed by atoms with van der Waals surface area (Å²) in [5, 5.41) is 13.3. The van der Waals surface area contributed by atoms with Crippen LogP contribution in [-0.2, 0) is 34.4 Å². The van der Waals surface area contributed by atoms with E-state index < -0.39 is 18.1 Å². The van der Waals surface area contributed by atoms with Gasteiger partial charge in [0.1, 0.15) is 18.0 Å². The molecule has 2 N–H and O–H groups in total. The van der Waals surface area contributed by atoms with Gasteiger partial charge in [-0.15, -0.1) is 0 Å². The zero-order valence-corrected chi connectivity index (χ0v) is 21.7. The number of fused-ring (bicyclic) bond motifs is 1. The summed E-state index contributed by atoms with van der Waals surface area (Å²) in [6, 6.07) is 7.03. The molecule has 1 fully saturated rings. The molecule has 0 radical (unpaired) electrons. The zero-order chi connectivity index (χ0) is 26.0. The SMILES string of the molecule is COC(C)Cn1c(-c2cc(C)c(=O)n(C)c2)nc2cc(CNC(C(=O)OC3CCC3)C(C)O)ccc21. The minimum atomic E-state index is -0.879. The summed E-state index contributed by atoms with van der Waals surface area (Å²) in [6.45, 7) is 6.36. The van der Waals surface area contributed by atoms with Gasteiger partial charge in [0.05, 0.1) is 29.8 Å². The van der Waals surface area contributed by atoms with Crippen LogP contribution in [0.5, 0.6) is 0 Å². The third-order valence-electron chi connectivity index (χ3n) is 6.87. The molecule has 0 bridgehead atoms. The van der Waals surface area contributed by atoms with Crippen LogP contribution >= 0.6 is 0 Å². The number of esters is 1. The summed E-state index contributed by atoms with van der Waals surface area (Å²) in [5.74, 6) is 0.338. The van der Waals surface area contributed by atoms with Gasteiger partial charge in [-0.3, -0.25) is 14.9 Å². The highest BCUT2D eigenvalue weighted by Gasteiger charge is 2.29. The number of rotatable bonds is 10. The maximum absolute atomic E-state index is 12.5. The minimum Gasteiger partial charge on any atom is -0.461 e. The average molecular weight is 497 g/mol. The Bertz CT molecular complexity index is 1270. The molecule has 0 saturated heterocycles. The molecule has 1 aromatic carbocycles. The van der Waals surface area contributed by atoms with Gasteiger partial charge in [-0.25, -0.2) is 4.98 Å². The minimum absolute atomic E-state index is 0.0325. The number of imidazole rings is 1. The number of nitrogens with one attached hydrogen (secondary N) is 1. The molecule has 4 rings (SSSR count). The molecule has 1 aliphatic rings. The average Bonchev–Trinajstić information content (AvgIpc) is 3.16. The molecule has 2 heterocycles. The van der Waals surface area contributed by atoms with Crippen molar-refractivity contribution in [1.82, 2.24) is 19.4 Å². The molecule has 36 heavy (non-hydrogen) atoms. The first-order valence-corrected chi connectivity index (χ1v) is 12.5. The lowest BCUT2D eigenvalue weighted by Crippen LogP contribution is -2.47. The Morgan fingerprint density at radius 2 is 2.03 bits per heavy atom. The molecule has 0 aliphatic heterocycles. The second-order valence-electron chi connectivity index (χ2n) is 9.83. The van der Waals surface area contributed by atoms with Crippen LogP contribution in [0.4, 0.5) is 0 Å². The molecule has 3 unspecified atom stereocenters. The number of ether oxygens (including phenoxy) is 2. The highest BCUT2D eigenvalue weighted by Crippen LogP contribution is 2.27. The number of aliphatic hydroxyl groups is 1. The van der Waals surface area contributed by atoms with Gasteiger partial charge >= 0.3 is 5.97 Å². The normalized spacial score (nSPS) is 16.5. The molecule has 9 nitrogen and oxygen atoms in total. The number of aromatic nitrogens is 3. The van der Waals surface area contributed by atoms with Crippen molar-refractivity contribution in [2.24, 2.45) is 7.05 Å². The first kappa shape index (κ1) is 26.1. The van der Waals surface area contributed by atoms with Gasteiger partial charge in [-0.05, 0) is 63.8 Å². The number of pyridine rings is 1. The van der Waals surface area contributed by atoms with Crippen molar-refractivity contribution in [3.8, 4) is 11.4 Å². The topological polar surface area (TPSA) is 108 Å². The van der Waals surface area contributed by atoms with E-state index in [2.05, 4.69) is 9.88 Å². The first-order valence-electron chi connectivity index (χ1n) is 12.5. The Kier molecular flexibility index (Phi) is 7.92. The largest absolute Gasteiger partial charge is 0.461 e. The van der Waals surface area contributed by atoms with Gasteiger partial charge in [0.25, 0.3) is 5.56 Å².